The highest BCUT2D eigenvalue weighted by molar-refractivity contribution is 8.03. The molecule has 5 nitrogen and oxygen atoms in total. The van der Waals surface area contributed by atoms with Gasteiger partial charge >= 0.3 is 0 Å². The Morgan fingerprint density at radius 1 is 1.30 bits per heavy atom. The summed E-state index contributed by atoms with van der Waals surface area (Å²) >= 11 is 3.00. The summed E-state index contributed by atoms with van der Waals surface area (Å²) in [6.45, 7) is 3.98. The first-order valence-electron chi connectivity index (χ1n) is 10.00. The van der Waals surface area contributed by atoms with E-state index in [0.717, 1.165) is 50.8 Å². The standard InChI is InChI=1S/C23H25N3O2S2/c1-13-8-9-14(2)16(11-13)25-19(28)12-30-23-22(24)21(18-7-4-10-29-18)20-15(26-23)5-3-6-17(20)27/h4,7-11,21,26H,3,5-6,12,24H2,1-2H3,(H,25,28). The van der Waals surface area contributed by atoms with Crippen molar-refractivity contribution in [3.05, 3.63) is 73.7 Å². The number of carbonyl (C=O) groups excluding carboxylic acids is 2. The average molecular weight is 440 g/mol. The van der Waals surface area contributed by atoms with Gasteiger partial charge in [0.25, 0.3) is 0 Å². The van der Waals surface area contributed by atoms with Gasteiger partial charge in [-0.1, -0.05) is 30.0 Å². The first-order chi connectivity index (χ1) is 14.4. The van der Waals surface area contributed by atoms with E-state index in [9.17, 15) is 9.59 Å². The van der Waals surface area contributed by atoms with Crippen LogP contribution in [0.5, 0.6) is 0 Å². The molecule has 0 saturated heterocycles. The molecule has 1 amide bonds. The van der Waals surface area contributed by atoms with Gasteiger partial charge in [0, 0.05) is 28.3 Å². The molecular weight excluding hydrogens is 414 g/mol. The molecule has 0 saturated carbocycles. The molecule has 0 radical (unpaired) electrons. The number of Topliss-reactive ketones (excluding diaryl/α,β-unsaturated/α-hetero) is 1. The molecule has 1 aromatic heterocycles. The molecule has 30 heavy (non-hydrogen) atoms. The van der Waals surface area contributed by atoms with Gasteiger partial charge < -0.3 is 16.4 Å². The highest BCUT2D eigenvalue weighted by Crippen LogP contribution is 2.43. The highest BCUT2D eigenvalue weighted by Gasteiger charge is 2.36. The number of hydrogen-bond donors (Lipinski definition) is 3. The minimum absolute atomic E-state index is 0.0806. The monoisotopic (exact) mass is 439 g/mol. The lowest BCUT2D eigenvalue weighted by Gasteiger charge is -2.33. The zero-order valence-electron chi connectivity index (χ0n) is 17.1. The van der Waals surface area contributed by atoms with Gasteiger partial charge in [0.15, 0.2) is 5.78 Å². The SMILES string of the molecule is Cc1ccc(C)c(NC(=O)CSC2=C(N)C(c3cccs3)C3=C(CCCC3=O)N2)c1. The minimum atomic E-state index is -0.223. The molecule has 4 rings (SSSR count). The lowest BCUT2D eigenvalue weighted by molar-refractivity contribution is -0.116. The topological polar surface area (TPSA) is 84.2 Å². The van der Waals surface area contributed by atoms with Crippen molar-refractivity contribution >= 4 is 40.5 Å². The summed E-state index contributed by atoms with van der Waals surface area (Å²) in [7, 11) is 0. The molecule has 2 heterocycles. The third-order valence-electron chi connectivity index (χ3n) is 5.42. The van der Waals surface area contributed by atoms with Gasteiger partial charge in [-0.2, -0.15) is 0 Å². The number of benzene rings is 1. The van der Waals surface area contributed by atoms with Crippen molar-refractivity contribution in [3.8, 4) is 0 Å². The number of rotatable bonds is 5. The summed E-state index contributed by atoms with van der Waals surface area (Å²) in [6, 6.07) is 10.0. The second-order valence-electron chi connectivity index (χ2n) is 7.68. The maximum Gasteiger partial charge on any atom is 0.234 e. The Kier molecular flexibility index (Phi) is 6.01. The number of thiophene rings is 1. The summed E-state index contributed by atoms with van der Waals surface area (Å²) in [5.74, 6) is 0.104. The van der Waals surface area contributed by atoms with Gasteiger partial charge in [-0.3, -0.25) is 9.59 Å². The van der Waals surface area contributed by atoms with Crippen molar-refractivity contribution in [2.75, 3.05) is 11.1 Å². The number of amides is 1. The first kappa shape index (κ1) is 20.8. The van der Waals surface area contributed by atoms with Crippen LogP contribution in [0.3, 0.4) is 0 Å². The molecule has 156 valence electrons. The van der Waals surface area contributed by atoms with E-state index in [2.05, 4.69) is 10.6 Å². The molecule has 2 aliphatic rings. The molecule has 2 aromatic rings. The van der Waals surface area contributed by atoms with Crippen LogP contribution in [0.4, 0.5) is 5.69 Å². The summed E-state index contributed by atoms with van der Waals surface area (Å²) in [5, 5.41) is 9.14. The quantitative estimate of drug-likeness (QED) is 0.636. The highest BCUT2D eigenvalue weighted by atomic mass is 32.2. The van der Waals surface area contributed by atoms with Crippen molar-refractivity contribution < 1.29 is 9.59 Å². The van der Waals surface area contributed by atoms with E-state index in [1.165, 1.54) is 11.8 Å². The summed E-state index contributed by atoms with van der Waals surface area (Å²) < 4.78 is 0. The molecule has 7 heteroatoms. The smallest absolute Gasteiger partial charge is 0.234 e. The van der Waals surface area contributed by atoms with Crippen LogP contribution < -0.4 is 16.4 Å². The van der Waals surface area contributed by atoms with E-state index in [0.29, 0.717) is 12.1 Å². The summed E-state index contributed by atoms with van der Waals surface area (Å²) in [4.78, 5) is 26.3. The van der Waals surface area contributed by atoms with Crippen LogP contribution in [-0.2, 0) is 9.59 Å². The maximum atomic E-state index is 12.7. The van der Waals surface area contributed by atoms with Gasteiger partial charge in [-0.05, 0) is 55.3 Å². The van der Waals surface area contributed by atoms with Gasteiger partial charge in [0.2, 0.25) is 5.91 Å². The Morgan fingerprint density at radius 3 is 2.90 bits per heavy atom. The molecule has 0 bridgehead atoms. The number of nitrogens with one attached hydrogen (secondary N) is 2. The van der Waals surface area contributed by atoms with Gasteiger partial charge in [0.05, 0.1) is 22.4 Å². The maximum absolute atomic E-state index is 12.7. The fourth-order valence-corrected chi connectivity index (χ4v) is 5.57. The van der Waals surface area contributed by atoms with Crippen molar-refractivity contribution in [2.45, 2.75) is 39.0 Å². The Labute approximate surface area is 184 Å². The zero-order valence-corrected chi connectivity index (χ0v) is 18.7. The predicted molar refractivity (Wildman–Crippen MR) is 124 cm³/mol. The number of aryl methyl sites for hydroxylation is 2. The third-order valence-corrected chi connectivity index (χ3v) is 7.40. The predicted octanol–water partition coefficient (Wildman–Crippen LogP) is 4.56. The largest absolute Gasteiger partial charge is 0.399 e. The van der Waals surface area contributed by atoms with Gasteiger partial charge in [0.1, 0.15) is 0 Å². The van der Waals surface area contributed by atoms with Crippen LogP contribution in [0.25, 0.3) is 0 Å². The third kappa shape index (κ3) is 4.18. The molecular formula is C23H25N3O2S2. The second-order valence-corrected chi connectivity index (χ2v) is 9.65. The summed E-state index contributed by atoms with van der Waals surface area (Å²) in [5.41, 5.74) is 11.9. The average Bonchev–Trinajstić information content (AvgIpc) is 3.24. The second kappa shape index (κ2) is 8.70. The fourth-order valence-electron chi connectivity index (χ4n) is 3.89. The molecule has 1 aromatic carbocycles. The number of nitrogens with two attached hydrogens (primary N) is 1. The zero-order chi connectivity index (χ0) is 21.3. The molecule has 4 N–H and O–H groups in total. The Bertz CT molecular complexity index is 1050. The number of hydrogen-bond acceptors (Lipinski definition) is 6. The van der Waals surface area contributed by atoms with Crippen LogP contribution in [0, 0.1) is 13.8 Å². The van der Waals surface area contributed by atoms with Crippen molar-refractivity contribution in [2.24, 2.45) is 5.73 Å². The molecule has 1 aliphatic heterocycles. The normalized spacial score (nSPS) is 18.9. The first-order valence-corrected chi connectivity index (χ1v) is 11.9. The van der Waals surface area contributed by atoms with E-state index < -0.39 is 0 Å². The van der Waals surface area contributed by atoms with Crippen molar-refractivity contribution in [1.82, 2.24) is 5.32 Å². The number of ketones is 1. The molecule has 1 atom stereocenters. The molecule has 1 unspecified atom stereocenters. The number of thioether (sulfide) groups is 1. The van der Waals surface area contributed by atoms with Gasteiger partial charge in [-0.25, -0.2) is 0 Å². The van der Waals surface area contributed by atoms with E-state index in [-0.39, 0.29) is 23.4 Å². The van der Waals surface area contributed by atoms with Crippen LogP contribution in [0.15, 0.2) is 57.7 Å². The van der Waals surface area contributed by atoms with Crippen LogP contribution in [0.1, 0.15) is 41.2 Å². The van der Waals surface area contributed by atoms with Crippen LogP contribution >= 0.6 is 23.1 Å². The van der Waals surface area contributed by atoms with E-state index in [1.54, 1.807) is 11.3 Å². The number of allylic oxidation sites excluding steroid dienone is 2. The van der Waals surface area contributed by atoms with E-state index in [1.807, 2.05) is 49.6 Å². The fraction of sp³-hybridized carbons (Fsp3) is 0.304. The Hall–Kier alpha value is -2.51. The van der Waals surface area contributed by atoms with E-state index >= 15 is 0 Å². The minimum Gasteiger partial charge on any atom is -0.399 e. The number of anilines is 1. The lowest BCUT2D eigenvalue weighted by atomic mass is 9.82. The van der Waals surface area contributed by atoms with E-state index in [4.69, 9.17) is 5.73 Å². The number of carbonyl (C=O) groups is 2. The molecule has 1 aliphatic carbocycles. The van der Waals surface area contributed by atoms with Crippen molar-refractivity contribution in [3.63, 3.8) is 0 Å². The molecule has 0 fully saturated rings. The Morgan fingerprint density at radius 2 is 2.13 bits per heavy atom. The van der Waals surface area contributed by atoms with Crippen LogP contribution in [0.2, 0.25) is 0 Å². The van der Waals surface area contributed by atoms with Gasteiger partial charge in [-0.15, -0.1) is 11.3 Å². The van der Waals surface area contributed by atoms with Crippen molar-refractivity contribution in [1.29, 1.82) is 0 Å². The van der Waals surface area contributed by atoms with Crippen LogP contribution in [-0.4, -0.2) is 17.4 Å². The molecule has 0 spiro atoms. The summed E-state index contributed by atoms with van der Waals surface area (Å²) in [6.07, 6.45) is 2.23. The lowest BCUT2D eigenvalue weighted by Crippen LogP contribution is -2.34. The Balaban J connectivity index is 1.53. The number of dihydropyridines is 1.